The minimum atomic E-state index is -1.74. The summed E-state index contributed by atoms with van der Waals surface area (Å²) in [7, 11) is -3.26. The van der Waals surface area contributed by atoms with Crippen LogP contribution >= 0.6 is 0 Å². The highest BCUT2D eigenvalue weighted by Crippen LogP contribution is 2.36. The first-order valence-corrected chi connectivity index (χ1v) is 15.4. The van der Waals surface area contributed by atoms with E-state index in [1.165, 1.54) is 42.5 Å². The molecule has 0 amide bonds. The van der Waals surface area contributed by atoms with Gasteiger partial charge in [0.1, 0.15) is 42.1 Å². The second-order valence-electron chi connectivity index (χ2n) is 12.4. The van der Waals surface area contributed by atoms with Gasteiger partial charge < -0.3 is 29.0 Å². The number of halogens is 4. The van der Waals surface area contributed by atoms with Crippen molar-refractivity contribution >= 4 is 56.6 Å². The van der Waals surface area contributed by atoms with Crippen molar-refractivity contribution in [3.63, 3.8) is 0 Å². The molecule has 0 aromatic heterocycles. The van der Waals surface area contributed by atoms with E-state index in [-0.39, 0.29) is 28.2 Å². The summed E-state index contributed by atoms with van der Waals surface area (Å²) in [6.07, 6.45) is 1.64. The van der Waals surface area contributed by atoms with Crippen molar-refractivity contribution in [1.29, 1.82) is 0 Å². The van der Waals surface area contributed by atoms with Crippen molar-refractivity contribution in [3.05, 3.63) is 124 Å². The van der Waals surface area contributed by atoms with E-state index in [4.69, 9.17) is 29.0 Å². The molecule has 0 aliphatic carbocycles. The highest BCUT2D eigenvalue weighted by molar-refractivity contribution is 6.63. The van der Waals surface area contributed by atoms with E-state index in [0.29, 0.717) is 42.0 Å². The number of aryl methyl sites for hydroxylation is 1. The fraction of sp³-hybridized carbons (Fsp3) is 0.229. The average molecular weight is 708 g/mol. The Morgan fingerprint density at radius 2 is 1.12 bits per heavy atom. The van der Waals surface area contributed by atoms with Crippen LogP contribution in [0.1, 0.15) is 69.9 Å². The van der Waals surface area contributed by atoms with Gasteiger partial charge in [0.05, 0.1) is 17.8 Å². The molecule has 3 N–H and O–H groups in total. The van der Waals surface area contributed by atoms with Gasteiger partial charge in [-0.1, -0.05) is 24.3 Å². The number of hydrogen-bond acceptors (Lipinski definition) is 9. The molecule has 4 aromatic carbocycles. The van der Waals surface area contributed by atoms with Gasteiger partial charge in [0.15, 0.2) is 0 Å². The molecule has 266 valence electrons. The first kappa shape index (κ1) is 41.0. The molecule has 9 nitrogen and oxygen atoms in total. The molecule has 2 heterocycles. The summed E-state index contributed by atoms with van der Waals surface area (Å²) < 4.78 is 67.0. The van der Waals surface area contributed by atoms with Gasteiger partial charge in [-0.05, 0) is 111 Å². The third kappa shape index (κ3) is 10.8. The van der Waals surface area contributed by atoms with Crippen LogP contribution in [0, 0.1) is 30.2 Å². The van der Waals surface area contributed by atoms with E-state index >= 15 is 0 Å². The summed E-state index contributed by atoms with van der Waals surface area (Å²) >= 11 is 0. The molecule has 0 radical (unpaired) electrons. The molecule has 4 aromatic rings. The Morgan fingerprint density at radius 3 is 1.63 bits per heavy atom. The lowest BCUT2D eigenvalue weighted by Gasteiger charge is -2.32. The summed E-state index contributed by atoms with van der Waals surface area (Å²) in [6, 6.07) is 15.6. The lowest BCUT2D eigenvalue weighted by Crippen LogP contribution is -2.41. The van der Waals surface area contributed by atoms with E-state index in [1.54, 1.807) is 19.1 Å². The third-order valence-corrected chi connectivity index (χ3v) is 8.27. The molecular weight excluding hydrogens is 673 g/mol. The van der Waals surface area contributed by atoms with Crippen molar-refractivity contribution < 1.29 is 61.0 Å². The molecule has 0 unspecified atom stereocenters. The van der Waals surface area contributed by atoms with Gasteiger partial charge in [-0.15, -0.1) is 0 Å². The Morgan fingerprint density at radius 1 is 0.667 bits per heavy atom. The lowest BCUT2D eigenvalue weighted by atomic mass is 9.76. The third-order valence-electron chi connectivity index (χ3n) is 8.27. The van der Waals surface area contributed by atoms with Crippen molar-refractivity contribution in [2.75, 3.05) is 0 Å². The number of rotatable bonds is 5. The second kappa shape index (κ2) is 17.7. The molecule has 6 rings (SSSR count). The van der Waals surface area contributed by atoms with Crippen LogP contribution in [0.3, 0.4) is 0 Å². The first-order chi connectivity index (χ1) is 23.9. The Labute approximate surface area is 293 Å². The lowest BCUT2D eigenvalue weighted by molar-refractivity contribution is 0.00578. The summed E-state index contributed by atoms with van der Waals surface area (Å²) in [6.45, 7) is 9.78. The van der Waals surface area contributed by atoms with E-state index in [2.05, 4.69) is 0 Å². The van der Waals surface area contributed by atoms with Gasteiger partial charge in [0.2, 0.25) is 0 Å². The molecule has 0 bridgehead atoms. The van der Waals surface area contributed by atoms with E-state index in [0.717, 1.165) is 29.3 Å². The standard InChI is InChI=1S/C13H16BFO3.C8H7FO.C7H6BFO3.C7H6BFO2/c1-12(2)13(3,4)18-14(17-12)11-6-5-10(15)7-9(11)8-16;1-6-2-3-8(9)4-7(6)5-10;9-6-1-2-7(8(11)12)5(3-6)4-10;9-6-1-2-7-5(3-6)4-11-8(7)10/h5-8H,1-4H3;2-5H,1H3;1-4,11-12H;1-3,10H,4H2. The Kier molecular flexibility index (Phi) is 14.2. The SMILES string of the molecule is CC1(C)OB(c2ccc(F)cc2C=O)OC1(C)C.Cc1ccc(F)cc1C=O.O=Cc1cc(F)ccc1B(O)O.OB1OCc2cc(F)ccc21. The highest BCUT2D eigenvalue weighted by Gasteiger charge is 2.52. The zero-order valence-corrected chi connectivity index (χ0v) is 28.4. The van der Waals surface area contributed by atoms with Gasteiger partial charge in [0, 0.05) is 16.7 Å². The largest absolute Gasteiger partial charge is 0.495 e. The molecule has 0 saturated carbocycles. The van der Waals surface area contributed by atoms with E-state index < -0.39 is 44.2 Å². The number of fused-ring (bicyclic) bond motifs is 1. The quantitative estimate of drug-likeness (QED) is 0.162. The number of hydrogen-bond donors (Lipinski definition) is 3. The maximum Gasteiger partial charge on any atom is 0.495 e. The molecule has 2 aliphatic heterocycles. The zero-order valence-electron chi connectivity index (χ0n) is 28.4. The number of carbonyl (C=O) groups excluding carboxylic acids is 3. The van der Waals surface area contributed by atoms with Crippen LogP contribution < -0.4 is 16.4 Å². The van der Waals surface area contributed by atoms with E-state index in [9.17, 15) is 31.9 Å². The monoisotopic (exact) mass is 708 g/mol. The Bertz CT molecular complexity index is 1840. The summed E-state index contributed by atoms with van der Waals surface area (Å²) in [5.74, 6) is -1.69. The molecule has 0 spiro atoms. The maximum atomic E-state index is 13.1. The summed E-state index contributed by atoms with van der Waals surface area (Å²) in [5, 5.41) is 26.5. The molecule has 16 heteroatoms. The minimum absolute atomic E-state index is 0.00593. The molecule has 1 fully saturated rings. The van der Waals surface area contributed by atoms with Gasteiger partial charge in [-0.2, -0.15) is 0 Å². The van der Waals surface area contributed by atoms with Crippen molar-refractivity contribution in [2.24, 2.45) is 0 Å². The molecule has 1 saturated heterocycles. The second-order valence-corrected chi connectivity index (χ2v) is 12.4. The van der Waals surface area contributed by atoms with Gasteiger partial charge >= 0.3 is 21.4 Å². The summed E-state index contributed by atoms with van der Waals surface area (Å²) in [4.78, 5) is 31.5. The topological polar surface area (TPSA) is 140 Å². The van der Waals surface area contributed by atoms with Crippen molar-refractivity contribution in [3.8, 4) is 0 Å². The minimum Gasteiger partial charge on any atom is -0.423 e. The first-order valence-electron chi connectivity index (χ1n) is 15.4. The van der Waals surface area contributed by atoms with Crippen LogP contribution in [-0.2, 0) is 20.6 Å². The fourth-order valence-electron chi connectivity index (χ4n) is 4.65. The van der Waals surface area contributed by atoms with Crippen LogP contribution in [0.2, 0.25) is 0 Å². The fourth-order valence-corrected chi connectivity index (χ4v) is 4.65. The number of aldehydes is 3. The Hall–Kier alpha value is -4.44. The van der Waals surface area contributed by atoms with Crippen molar-refractivity contribution in [2.45, 2.75) is 52.4 Å². The molecular formula is C35H35B3F4O9. The van der Waals surface area contributed by atoms with Crippen LogP contribution in [0.4, 0.5) is 17.6 Å². The average Bonchev–Trinajstić information content (AvgIpc) is 3.55. The normalized spacial score (nSPS) is 14.8. The van der Waals surface area contributed by atoms with Crippen LogP contribution in [0.5, 0.6) is 0 Å². The number of carbonyl (C=O) groups is 3. The van der Waals surface area contributed by atoms with Crippen molar-refractivity contribution in [1.82, 2.24) is 0 Å². The van der Waals surface area contributed by atoms with E-state index in [1.807, 2.05) is 27.7 Å². The number of benzene rings is 4. The predicted octanol–water partition coefficient (Wildman–Crippen LogP) is 3.25. The van der Waals surface area contributed by atoms with Crippen LogP contribution in [0.25, 0.3) is 0 Å². The van der Waals surface area contributed by atoms with Crippen LogP contribution in [0.15, 0.2) is 72.8 Å². The smallest absolute Gasteiger partial charge is 0.423 e. The van der Waals surface area contributed by atoms with Gasteiger partial charge in [0.25, 0.3) is 0 Å². The maximum absolute atomic E-state index is 13.1. The molecule has 51 heavy (non-hydrogen) atoms. The summed E-state index contributed by atoms with van der Waals surface area (Å²) in [5.41, 5.74) is 2.44. The van der Waals surface area contributed by atoms with Gasteiger partial charge in [-0.3, -0.25) is 14.4 Å². The highest BCUT2D eigenvalue weighted by atomic mass is 19.1. The molecule has 0 atom stereocenters. The predicted molar refractivity (Wildman–Crippen MR) is 184 cm³/mol. The molecule has 2 aliphatic rings. The van der Waals surface area contributed by atoms with Crippen LogP contribution in [-0.4, -0.2) is 66.5 Å². The van der Waals surface area contributed by atoms with Gasteiger partial charge in [-0.25, -0.2) is 17.6 Å². The zero-order chi connectivity index (χ0) is 38.1. The Balaban J connectivity index is 0.000000189.